The normalized spacial score (nSPS) is 13.7. The minimum Gasteiger partial charge on any atom is -0.324 e. The van der Waals surface area contributed by atoms with Crippen molar-refractivity contribution < 1.29 is 22.0 Å². The quantitative estimate of drug-likeness (QED) is 0.810. The Bertz CT molecular complexity index is 395. The molecule has 0 aliphatic rings. The van der Waals surface area contributed by atoms with Crippen molar-refractivity contribution in [2.75, 3.05) is 0 Å². The summed E-state index contributed by atoms with van der Waals surface area (Å²) in [5.41, 5.74) is 5.14. The van der Waals surface area contributed by atoms with Gasteiger partial charge in [-0.2, -0.15) is 13.2 Å². The molecule has 1 unspecified atom stereocenters. The first-order valence-corrected chi connectivity index (χ1v) is 5.97. The molecule has 1 aromatic rings. The highest BCUT2D eigenvalue weighted by Crippen LogP contribution is 2.29. The Kier molecular flexibility index (Phi) is 5.10. The zero-order chi connectivity index (χ0) is 13.9. The number of halogens is 6. The third kappa shape index (κ3) is 4.53. The van der Waals surface area contributed by atoms with E-state index in [1.807, 2.05) is 0 Å². The van der Waals surface area contributed by atoms with Gasteiger partial charge in [-0.3, -0.25) is 0 Å². The van der Waals surface area contributed by atoms with Crippen molar-refractivity contribution in [1.82, 2.24) is 0 Å². The standard InChI is InChI=1S/C11H11BrF5N/c12-6-4-7(13)10(8(14)5-6)9(18)2-1-3-11(15,16)17/h4-5,9H,1-3,18H2. The van der Waals surface area contributed by atoms with Crippen LogP contribution in [0.1, 0.15) is 30.9 Å². The summed E-state index contributed by atoms with van der Waals surface area (Å²) >= 11 is 2.91. The molecule has 0 spiro atoms. The highest BCUT2D eigenvalue weighted by atomic mass is 79.9. The number of hydrogen-bond donors (Lipinski definition) is 1. The molecule has 0 amide bonds. The van der Waals surface area contributed by atoms with E-state index in [0.29, 0.717) is 0 Å². The molecule has 0 heterocycles. The minimum atomic E-state index is -4.28. The lowest BCUT2D eigenvalue weighted by atomic mass is 10.0. The van der Waals surface area contributed by atoms with Gasteiger partial charge in [-0.15, -0.1) is 0 Å². The van der Waals surface area contributed by atoms with Gasteiger partial charge in [-0.25, -0.2) is 8.78 Å². The summed E-state index contributed by atoms with van der Waals surface area (Å²) in [7, 11) is 0. The van der Waals surface area contributed by atoms with Crippen LogP contribution in [0.2, 0.25) is 0 Å². The second-order valence-corrected chi connectivity index (χ2v) is 4.81. The fourth-order valence-electron chi connectivity index (χ4n) is 1.57. The molecule has 1 atom stereocenters. The molecule has 0 saturated heterocycles. The summed E-state index contributed by atoms with van der Waals surface area (Å²) in [4.78, 5) is 0. The lowest BCUT2D eigenvalue weighted by Crippen LogP contribution is -2.16. The molecule has 102 valence electrons. The predicted octanol–water partition coefficient (Wildman–Crippen LogP) is 4.46. The SMILES string of the molecule is NC(CCCC(F)(F)F)c1c(F)cc(Br)cc1F. The maximum atomic E-state index is 13.5. The highest BCUT2D eigenvalue weighted by Gasteiger charge is 2.27. The van der Waals surface area contributed by atoms with Gasteiger partial charge in [-0.05, 0) is 25.0 Å². The molecule has 0 aromatic heterocycles. The summed E-state index contributed by atoms with van der Waals surface area (Å²) in [6.07, 6.45) is -5.69. The molecule has 0 aliphatic carbocycles. The minimum absolute atomic E-state index is 0.130. The first-order chi connectivity index (χ1) is 8.20. The summed E-state index contributed by atoms with van der Waals surface area (Å²) in [6.45, 7) is 0. The highest BCUT2D eigenvalue weighted by molar-refractivity contribution is 9.10. The van der Waals surface area contributed by atoms with Crippen LogP contribution in [0.25, 0.3) is 0 Å². The first kappa shape index (κ1) is 15.4. The molecule has 2 N–H and O–H groups in total. The summed E-state index contributed by atoms with van der Waals surface area (Å²) in [5, 5.41) is 0. The molecule has 0 aliphatic heterocycles. The Labute approximate surface area is 109 Å². The molecule has 7 heteroatoms. The summed E-state index contributed by atoms with van der Waals surface area (Å²) in [6, 6.07) is 0.977. The smallest absolute Gasteiger partial charge is 0.324 e. The van der Waals surface area contributed by atoms with Crippen LogP contribution in [-0.4, -0.2) is 6.18 Å². The van der Waals surface area contributed by atoms with Crippen molar-refractivity contribution in [3.8, 4) is 0 Å². The van der Waals surface area contributed by atoms with Crippen molar-refractivity contribution in [3.05, 3.63) is 33.8 Å². The van der Waals surface area contributed by atoms with Gasteiger partial charge in [0.05, 0.1) is 0 Å². The van der Waals surface area contributed by atoms with Gasteiger partial charge in [0, 0.05) is 22.5 Å². The van der Waals surface area contributed by atoms with Crippen LogP contribution in [0.3, 0.4) is 0 Å². The predicted molar refractivity (Wildman–Crippen MR) is 60.9 cm³/mol. The Morgan fingerprint density at radius 2 is 1.67 bits per heavy atom. The van der Waals surface area contributed by atoms with E-state index in [4.69, 9.17) is 5.73 Å². The Balaban J connectivity index is 2.70. The van der Waals surface area contributed by atoms with Crippen LogP contribution < -0.4 is 5.73 Å². The van der Waals surface area contributed by atoms with Crippen LogP contribution in [-0.2, 0) is 0 Å². The molecule has 1 aromatic carbocycles. The van der Waals surface area contributed by atoms with Crippen LogP contribution >= 0.6 is 15.9 Å². The van der Waals surface area contributed by atoms with Gasteiger partial charge < -0.3 is 5.73 Å². The van der Waals surface area contributed by atoms with Gasteiger partial charge >= 0.3 is 6.18 Å². The Morgan fingerprint density at radius 1 is 1.17 bits per heavy atom. The van der Waals surface area contributed by atoms with Crippen LogP contribution in [0.5, 0.6) is 0 Å². The van der Waals surface area contributed by atoms with Crippen molar-refractivity contribution in [1.29, 1.82) is 0 Å². The zero-order valence-electron chi connectivity index (χ0n) is 9.20. The maximum Gasteiger partial charge on any atom is 0.389 e. The van der Waals surface area contributed by atoms with Crippen LogP contribution in [0.4, 0.5) is 22.0 Å². The third-order valence-electron chi connectivity index (χ3n) is 2.39. The topological polar surface area (TPSA) is 26.0 Å². The van der Waals surface area contributed by atoms with E-state index in [1.54, 1.807) is 0 Å². The molecule has 0 saturated carbocycles. The molecular weight excluding hydrogens is 321 g/mol. The second kappa shape index (κ2) is 5.97. The van der Waals surface area contributed by atoms with E-state index in [2.05, 4.69) is 15.9 Å². The van der Waals surface area contributed by atoms with Crippen molar-refractivity contribution in [3.63, 3.8) is 0 Å². The van der Waals surface area contributed by atoms with E-state index in [0.717, 1.165) is 12.1 Å². The van der Waals surface area contributed by atoms with E-state index < -0.39 is 30.3 Å². The Hall–Kier alpha value is -0.690. The van der Waals surface area contributed by atoms with Gasteiger partial charge in [-0.1, -0.05) is 15.9 Å². The molecule has 0 radical (unpaired) electrons. The van der Waals surface area contributed by atoms with Gasteiger partial charge in [0.2, 0.25) is 0 Å². The molecule has 18 heavy (non-hydrogen) atoms. The fraction of sp³-hybridized carbons (Fsp3) is 0.455. The number of rotatable bonds is 4. The Morgan fingerprint density at radius 3 is 2.11 bits per heavy atom. The monoisotopic (exact) mass is 331 g/mol. The second-order valence-electron chi connectivity index (χ2n) is 3.90. The average Bonchev–Trinajstić information content (AvgIpc) is 2.13. The van der Waals surface area contributed by atoms with Crippen molar-refractivity contribution in [2.24, 2.45) is 5.73 Å². The van der Waals surface area contributed by atoms with Crippen LogP contribution in [0, 0.1) is 11.6 Å². The van der Waals surface area contributed by atoms with Gasteiger partial charge in [0.1, 0.15) is 11.6 Å². The van der Waals surface area contributed by atoms with E-state index in [-0.39, 0.29) is 22.9 Å². The average molecular weight is 332 g/mol. The zero-order valence-corrected chi connectivity index (χ0v) is 10.8. The number of hydrogen-bond acceptors (Lipinski definition) is 1. The lowest BCUT2D eigenvalue weighted by Gasteiger charge is -2.14. The number of benzene rings is 1. The maximum absolute atomic E-state index is 13.5. The number of alkyl halides is 3. The van der Waals surface area contributed by atoms with Gasteiger partial charge in [0.25, 0.3) is 0 Å². The van der Waals surface area contributed by atoms with Gasteiger partial charge in [0.15, 0.2) is 0 Å². The molecule has 0 fully saturated rings. The van der Waals surface area contributed by atoms with Crippen molar-refractivity contribution in [2.45, 2.75) is 31.5 Å². The molecule has 1 nitrogen and oxygen atoms in total. The summed E-state index contributed by atoms with van der Waals surface area (Å²) < 4.78 is 62.9. The molecule has 1 rings (SSSR count). The molecule has 0 bridgehead atoms. The van der Waals surface area contributed by atoms with E-state index in [1.165, 1.54) is 0 Å². The summed E-state index contributed by atoms with van der Waals surface area (Å²) in [5.74, 6) is -1.72. The lowest BCUT2D eigenvalue weighted by molar-refractivity contribution is -0.135. The fourth-order valence-corrected chi connectivity index (χ4v) is 1.98. The van der Waals surface area contributed by atoms with E-state index in [9.17, 15) is 22.0 Å². The van der Waals surface area contributed by atoms with Crippen molar-refractivity contribution >= 4 is 15.9 Å². The molecular formula is C11H11BrF5N. The van der Waals surface area contributed by atoms with Crippen LogP contribution in [0.15, 0.2) is 16.6 Å². The van der Waals surface area contributed by atoms with E-state index >= 15 is 0 Å². The first-order valence-electron chi connectivity index (χ1n) is 5.17. The third-order valence-corrected chi connectivity index (χ3v) is 2.85. The largest absolute Gasteiger partial charge is 0.389 e. The number of nitrogens with two attached hydrogens (primary N) is 1.